The number of anilines is 1. The molecule has 0 aromatic heterocycles. The maximum Gasteiger partial charge on any atom is 0.242 e. The fourth-order valence-corrected chi connectivity index (χ4v) is 2.13. The summed E-state index contributed by atoms with van der Waals surface area (Å²) in [6.07, 6.45) is 0.960. The van der Waals surface area contributed by atoms with E-state index in [0.29, 0.717) is 0 Å². The number of hydrogen-bond acceptors (Lipinski definition) is 5. The van der Waals surface area contributed by atoms with E-state index in [1.54, 1.807) is 0 Å². The lowest BCUT2D eigenvalue weighted by molar-refractivity contribution is -0.115. The summed E-state index contributed by atoms with van der Waals surface area (Å²) in [5.41, 5.74) is 0.285. The van der Waals surface area contributed by atoms with Crippen LogP contribution in [0.4, 0.5) is 5.69 Å². The van der Waals surface area contributed by atoms with Crippen molar-refractivity contribution in [3.8, 4) is 0 Å². The van der Waals surface area contributed by atoms with Crippen molar-refractivity contribution < 1.29 is 21.6 Å². The Balaban J connectivity index is 2.88. The predicted molar refractivity (Wildman–Crippen MR) is 70.8 cm³/mol. The van der Waals surface area contributed by atoms with Crippen LogP contribution in [0.5, 0.6) is 0 Å². The van der Waals surface area contributed by atoms with Crippen LogP contribution in [-0.4, -0.2) is 34.2 Å². The zero-order valence-corrected chi connectivity index (χ0v) is 12.0. The molecule has 0 fully saturated rings. The standard InChI is InChI=1S/C10H14N2O5S2/c1-7(18(2,14)15)10(13)12-8-3-5-9(6-4-8)19(11,16)17/h3-7H,1-2H3,(H,12,13)(H2,11,16,17). The van der Waals surface area contributed by atoms with Crippen LogP contribution in [0.25, 0.3) is 0 Å². The second kappa shape index (κ2) is 5.27. The normalized spacial score (nSPS) is 13.8. The molecule has 0 aliphatic heterocycles. The van der Waals surface area contributed by atoms with Crippen LogP contribution in [-0.2, 0) is 24.7 Å². The quantitative estimate of drug-likeness (QED) is 0.791. The molecule has 0 heterocycles. The van der Waals surface area contributed by atoms with Gasteiger partial charge in [0.1, 0.15) is 5.25 Å². The molecule has 0 spiro atoms. The molecule has 3 N–H and O–H groups in total. The lowest BCUT2D eigenvalue weighted by atomic mass is 10.3. The minimum Gasteiger partial charge on any atom is -0.325 e. The van der Waals surface area contributed by atoms with Gasteiger partial charge in [0.15, 0.2) is 9.84 Å². The minimum absolute atomic E-state index is 0.0957. The van der Waals surface area contributed by atoms with Crippen molar-refractivity contribution in [2.75, 3.05) is 11.6 Å². The van der Waals surface area contributed by atoms with Crippen molar-refractivity contribution in [3.63, 3.8) is 0 Å². The summed E-state index contributed by atoms with van der Waals surface area (Å²) in [5, 5.41) is 6.10. The highest BCUT2D eigenvalue weighted by atomic mass is 32.2. The molecular weight excluding hydrogens is 292 g/mol. The van der Waals surface area contributed by atoms with Gasteiger partial charge in [0.2, 0.25) is 15.9 Å². The molecule has 1 rings (SSSR count). The highest BCUT2D eigenvalue weighted by Gasteiger charge is 2.23. The van der Waals surface area contributed by atoms with Crippen molar-refractivity contribution >= 4 is 31.5 Å². The summed E-state index contributed by atoms with van der Waals surface area (Å²) in [6.45, 7) is 1.27. The van der Waals surface area contributed by atoms with Gasteiger partial charge < -0.3 is 5.32 Å². The van der Waals surface area contributed by atoms with Crippen LogP contribution >= 0.6 is 0 Å². The first-order chi connectivity index (χ1) is 8.51. The number of primary sulfonamides is 1. The van der Waals surface area contributed by atoms with Crippen molar-refractivity contribution in [1.29, 1.82) is 0 Å². The van der Waals surface area contributed by atoms with Gasteiger partial charge in [0.25, 0.3) is 0 Å². The fourth-order valence-electron chi connectivity index (χ4n) is 1.17. The summed E-state index contributed by atoms with van der Waals surface area (Å²) in [7, 11) is -7.28. The van der Waals surface area contributed by atoms with E-state index in [4.69, 9.17) is 5.14 Å². The molecule has 9 heteroatoms. The van der Waals surface area contributed by atoms with Crippen LogP contribution < -0.4 is 10.5 Å². The van der Waals surface area contributed by atoms with E-state index in [-0.39, 0.29) is 10.6 Å². The molecule has 19 heavy (non-hydrogen) atoms. The second-order valence-corrected chi connectivity index (χ2v) is 7.96. The largest absolute Gasteiger partial charge is 0.325 e. The van der Waals surface area contributed by atoms with Gasteiger partial charge in [-0.05, 0) is 31.2 Å². The average molecular weight is 306 g/mol. The average Bonchev–Trinajstić information content (AvgIpc) is 2.26. The fraction of sp³-hybridized carbons (Fsp3) is 0.300. The third-order valence-corrected chi connectivity index (χ3v) is 4.89. The SMILES string of the molecule is CC(C(=O)Nc1ccc(S(N)(=O)=O)cc1)S(C)(=O)=O. The summed E-state index contributed by atoms with van der Waals surface area (Å²) in [6, 6.07) is 5.09. The lowest BCUT2D eigenvalue weighted by Gasteiger charge is -2.10. The third kappa shape index (κ3) is 4.30. The number of nitrogens with two attached hydrogens (primary N) is 1. The number of rotatable bonds is 4. The summed E-state index contributed by atoms with van der Waals surface area (Å²) in [5.74, 6) is -0.689. The van der Waals surface area contributed by atoms with E-state index in [2.05, 4.69) is 5.32 Å². The summed E-state index contributed by atoms with van der Waals surface area (Å²) < 4.78 is 44.4. The number of sulfone groups is 1. The van der Waals surface area contributed by atoms with E-state index in [1.165, 1.54) is 31.2 Å². The number of nitrogens with one attached hydrogen (secondary N) is 1. The van der Waals surface area contributed by atoms with E-state index < -0.39 is 31.0 Å². The monoisotopic (exact) mass is 306 g/mol. The van der Waals surface area contributed by atoms with Gasteiger partial charge in [-0.1, -0.05) is 0 Å². The van der Waals surface area contributed by atoms with Crippen LogP contribution in [0, 0.1) is 0 Å². The summed E-state index contributed by atoms with van der Waals surface area (Å²) >= 11 is 0. The first-order valence-corrected chi connectivity index (χ1v) is 8.64. The summed E-state index contributed by atoms with van der Waals surface area (Å²) in [4.78, 5) is 11.5. The Labute approximate surface area is 111 Å². The molecule has 0 bridgehead atoms. The molecule has 1 aromatic carbocycles. The maximum atomic E-state index is 11.6. The van der Waals surface area contributed by atoms with E-state index >= 15 is 0 Å². The Bertz CT molecular complexity index is 677. The van der Waals surface area contributed by atoms with Gasteiger partial charge in [-0.25, -0.2) is 22.0 Å². The molecule has 0 aliphatic carbocycles. The molecule has 7 nitrogen and oxygen atoms in total. The van der Waals surface area contributed by atoms with Crippen LogP contribution in [0.1, 0.15) is 6.92 Å². The number of sulfonamides is 1. The van der Waals surface area contributed by atoms with Crippen molar-refractivity contribution in [2.24, 2.45) is 5.14 Å². The molecule has 1 aromatic rings. The first-order valence-electron chi connectivity index (χ1n) is 5.14. The smallest absolute Gasteiger partial charge is 0.242 e. The highest BCUT2D eigenvalue weighted by molar-refractivity contribution is 7.92. The Morgan fingerprint density at radius 2 is 1.63 bits per heavy atom. The first kappa shape index (κ1) is 15.6. The number of benzene rings is 1. The van der Waals surface area contributed by atoms with Gasteiger partial charge in [-0.3, -0.25) is 4.79 Å². The predicted octanol–water partition coefficient (Wildman–Crippen LogP) is -0.294. The van der Waals surface area contributed by atoms with Crippen LogP contribution in [0.3, 0.4) is 0 Å². The topological polar surface area (TPSA) is 123 Å². The Kier molecular flexibility index (Phi) is 4.33. The Morgan fingerprint density at radius 1 is 1.16 bits per heavy atom. The molecule has 1 amide bonds. The second-order valence-electron chi connectivity index (χ2n) is 4.03. The number of amides is 1. The van der Waals surface area contributed by atoms with E-state index in [9.17, 15) is 21.6 Å². The van der Waals surface area contributed by atoms with E-state index in [0.717, 1.165) is 6.26 Å². The minimum atomic E-state index is -3.80. The van der Waals surface area contributed by atoms with Gasteiger partial charge in [-0.2, -0.15) is 0 Å². The van der Waals surface area contributed by atoms with Crippen molar-refractivity contribution in [1.82, 2.24) is 0 Å². The Hall–Kier alpha value is -1.45. The molecule has 0 saturated heterocycles. The number of carbonyl (C=O) groups excluding carboxylic acids is 1. The van der Waals surface area contributed by atoms with Crippen LogP contribution in [0.15, 0.2) is 29.2 Å². The van der Waals surface area contributed by atoms with Crippen LogP contribution in [0.2, 0.25) is 0 Å². The Morgan fingerprint density at radius 3 is 2.00 bits per heavy atom. The van der Waals surface area contributed by atoms with Gasteiger partial charge in [-0.15, -0.1) is 0 Å². The molecule has 0 aliphatic rings. The zero-order valence-electron chi connectivity index (χ0n) is 10.3. The number of carbonyl (C=O) groups is 1. The van der Waals surface area contributed by atoms with Crippen molar-refractivity contribution in [2.45, 2.75) is 17.1 Å². The lowest BCUT2D eigenvalue weighted by Crippen LogP contribution is -2.31. The molecule has 106 valence electrons. The molecule has 0 radical (unpaired) electrons. The van der Waals surface area contributed by atoms with Gasteiger partial charge >= 0.3 is 0 Å². The van der Waals surface area contributed by atoms with Gasteiger partial charge in [0, 0.05) is 11.9 Å². The molecule has 1 unspecified atom stereocenters. The molecule has 1 atom stereocenters. The van der Waals surface area contributed by atoms with Crippen molar-refractivity contribution in [3.05, 3.63) is 24.3 Å². The zero-order chi connectivity index (χ0) is 14.8. The highest BCUT2D eigenvalue weighted by Crippen LogP contribution is 2.13. The third-order valence-electron chi connectivity index (χ3n) is 2.46. The number of hydrogen-bond donors (Lipinski definition) is 2. The van der Waals surface area contributed by atoms with Gasteiger partial charge in [0.05, 0.1) is 4.90 Å². The maximum absolute atomic E-state index is 11.6. The molecular formula is C10H14N2O5S2. The van der Waals surface area contributed by atoms with E-state index in [1.807, 2.05) is 0 Å². The molecule has 0 saturated carbocycles.